The first-order valence-electron chi connectivity index (χ1n) is 7.93. The minimum atomic E-state index is -0.325. The van der Waals surface area contributed by atoms with E-state index in [1.807, 2.05) is 0 Å². The summed E-state index contributed by atoms with van der Waals surface area (Å²) >= 11 is 0. The summed E-state index contributed by atoms with van der Waals surface area (Å²) in [5.41, 5.74) is -0.0732. The van der Waals surface area contributed by atoms with E-state index in [-0.39, 0.29) is 27.7 Å². The van der Waals surface area contributed by atoms with Crippen LogP contribution >= 0.6 is 0 Å². The molecule has 0 rings (SSSR count). The summed E-state index contributed by atoms with van der Waals surface area (Å²) in [5.74, 6) is 0.174. The van der Waals surface area contributed by atoms with E-state index in [1.165, 1.54) is 0 Å². The van der Waals surface area contributed by atoms with E-state index in [2.05, 4.69) is 74.6 Å². The van der Waals surface area contributed by atoms with E-state index in [1.54, 1.807) is 0 Å². The van der Waals surface area contributed by atoms with Crippen LogP contribution in [0.4, 0.5) is 0 Å². The highest BCUT2D eigenvalue weighted by Crippen LogP contribution is 2.37. The first-order valence-corrected chi connectivity index (χ1v) is 7.93. The molecule has 0 heterocycles. The molecule has 1 amide bonds. The highest BCUT2D eigenvalue weighted by atomic mass is 16.2. The summed E-state index contributed by atoms with van der Waals surface area (Å²) < 4.78 is 0. The van der Waals surface area contributed by atoms with Gasteiger partial charge >= 0.3 is 0 Å². The number of amides is 1. The average Bonchev–Trinajstić information content (AvgIpc) is 2.10. The maximum atomic E-state index is 12.6. The van der Waals surface area contributed by atoms with Gasteiger partial charge in [-0.15, -0.1) is 0 Å². The molecule has 0 radical (unpaired) electrons. The predicted molar refractivity (Wildman–Crippen MR) is 88.8 cm³/mol. The SMILES string of the molecule is CCC(C)(C)CC(C)(C)C(=O)NC(C)(C)CC(C)(C)C. The molecule has 120 valence electrons. The quantitative estimate of drug-likeness (QED) is 0.716. The van der Waals surface area contributed by atoms with Crippen molar-refractivity contribution in [1.82, 2.24) is 5.32 Å². The smallest absolute Gasteiger partial charge is 0.226 e. The van der Waals surface area contributed by atoms with Crippen molar-refractivity contribution in [2.75, 3.05) is 0 Å². The molecule has 0 aromatic heterocycles. The Labute approximate surface area is 127 Å². The minimum Gasteiger partial charge on any atom is -0.351 e. The molecule has 20 heavy (non-hydrogen) atoms. The number of hydrogen-bond donors (Lipinski definition) is 1. The lowest BCUT2D eigenvalue weighted by Crippen LogP contribution is -2.51. The van der Waals surface area contributed by atoms with E-state index < -0.39 is 0 Å². The monoisotopic (exact) mass is 283 g/mol. The Hall–Kier alpha value is -0.530. The number of rotatable bonds is 6. The largest absolute Gasteiger partial charge is 0.351 e. The number of carbonyl (C=O) groups is 1. The molecule has 0 spiro atoms. The van der Waals surface area contributed by atoms with E-state index in [9.17, 15) is 4.79 Å². The molecule has 0 atom stereocenters. The van der Waals surface area contributed by atoms with E-state index in [0.717, 1.165) is 19.3 Å². The molecule has 0 fully saturated rings. The van der Waals surface area contributed by atoms with Gasteiger partial charge in [-0.05, 0) is 37.5 Å². The fourth-order valence-electron chi connectivity index (χ4n) is 3.25. The lowest BCUT2D eigenvalue weighted by atomic mass is 9.72. The van der Waals surface area contributed by atoms with Gasteiger partial charge in [0.25, 0.3) is 0 Å². The van der Waals surface area contributed by atoms with Gasteiger partial charge in [0.05, 0.1) is 0 Å². The Morgan fingerprint density at radius 1 is 0.850 bits per heavy atom. The van der Waals surface area contributed by atoms with Gasteiger partial charge in [-0.3, -0.25) is 4.79 Å². The van der Waals surface area contributed by atoms with Crippen LogP contribution < -0.4 is 5.32 Å². The third kappa shape index (κ3) is 7.31. The van der Waals surface area contributed by atoms with Crippen LogP contribution in [-0.2, 0) is 4.79 Å². The molecule has 0 aromatic carbocycles. The van der Waals surface area contributed by atoms with Crippen LogP contribution in [0, 0.1) is 16.2 Å². The molecule has 0 aliphatic carbocycles. The van der Waals surface area contributed by atoms with Gasteiger partial charge in [0, 0.05) is 11.0 Å². The van der Waals surface area contributed by atoms with Crippen molar-refractivity contribution in [3.05, 3.63) is 0 Å². The van der Waals surface area contributed by atoms with Crippen molar-refractivity contribution < 1.29 is 4.79 Å². The molecular weight excluding hydrogens is 246 g/mol. The molecule has 0 bridgehead atoms. The van der Waals surface area contributed by atoms with Gasteiger partial charge in [0.15, 0.2) is 0 Å². The van der Waals surface area contributed by atoms with Crippen LogP contribution in [0.1, 0.15) is 88.5 Å². The summed E-state index contributed by atoms with van der Waals surface area (Å²) in [6, 6.07) is 0. The van der Waals surface area contributed by atoms with Crippen molar-refractivity contribution in [3.63, 3.8) is 0 Å². The second kappa shape index (κ2) is 6.07. The maximum absolute atomic E-state index is 12.6. The van der Waals surface area contributed by atoms with E-state index in [0.29, 0.717) is 0 Å². The topological polar surface area (TPSA) is 29.1 Å². The summed E-state index contributed by atoms with van der Waals surface area (Å²) in [6.07, 6.45) is 2.97. The van der Waals surface area contributed by atoms with Gasteiger partial charge < -0.3 is 5.32 Å². The van der Waals surface area contributed by atoms with Crippen molar-refractivity contribution in [1.29, 1.82) is 0 Å². The predicted octanol–water partition coefficient (Wildman–Crippen LogP) is 5.17. The molecule has 2 heteroatoms. The Morgan fingerprint density at radius 3 is 1.65 bits per heavy atom. The van der Waals surface area contributed by atoms with E-state index >= 15 is 0 Å². The highest BCUT2D eigenvalue weighted by Gasteiger charge is 2.37. The van der Waals surface area contributed by atoms with Crippen molar-refractivity contribution >= 4 is 5.91 Å². The maximum Gasteiger partial charge on any atom is 0.226 e. The lowest BCUT2D eigenvalue weighted by molar-refractivity contribution is -0.133. The fourth-order valence-corrected chi connectivity index (χ4v) is 3.25. The standard InChI is InChI=1S/C18H37NO/c1-11-16(5,6)13-17(7,8)14(20)19-18(9,10)12-15(2,3)4/h11-13H2,1-10H3,(H,19,20). The van der Waals surface area contributed by atoms with Gasteiger partial charge in [-0.2, -0.15) is 0 Å². The lowest BCUT2D eigenvalue weighted by Gasteiger charge is -2.38. The fraction of sp³-hybridized carbons (Fsp3) is 0.944. The molecule has 1 N–H and O–H groups in total. The van der Waals surface area contributed by atoms with Gasteiger partial charge in [0.2, 0.25) is 5.91 Å². The normalized spacial score (nSPS) is 14.3. The molecule has 0 aliphatic rings. The molecular formula is C18H37NO. The molecule has 0 aromatic rings. The van der Waals surface area contributed by atoms with Crippen LogP contribution in [0.5, 0.6) is 0 Å². The van der Waals surface area contributed by atoms with Crippen LogP contribution in [0.25, 0.3) is 0 Å². The first-order chi connectivity index (χ1) is 8.60. The molecule has 0 saturated carbocycles. The van der Waals surface area contributed by atoms with Crippen LogP contribution in [0.2, 0.25) is 0 Å². The summed E-state index contributed by atoms with van der Waals surface area (Å²) in [4.78, 5) is 12.6. The van der Waals surface area contributed by atoms with Gasteiger partial charge in [0.1, 0.15) is 0 Å². The zero-order chi connectivity index (χ0) is 16.4. The third-order valence-electron chi connectivity index (χ3n) is 3.92. The second-order valence-electron chi connectivity index (χ2n) is 9.65. The van der Waals surface area contributed by atoms with Crippen molar-refractivity contribution in [2.24, 2.45) is 16.2 Å². The van der Waals surface area contributed by atoms with E-state index in [4.69, 9.17) is 0 Å². The number of nitrogens with one attached hydrogen (secondary N) is 1. The summed E-state index contributed by atoms with van der Waals surface area (Å²) in [6.45, 7) is 21.7. The highest BCUT2D eigenvalue weighted by molar-refractivity contribution is 5.82. The van der Waals surface area contributed by atoms with Crippen molar-refractivity contribution in [3.8, 4) is 0 Å². The summed E-state index contributed by atoms with van der Waals surface area (Å²) in [5, 5.41) is 3.26. The van der Waals surface area contributed by atoms with Gasteiger partial charge in [-0.1, -0.05) is 61.8 Å². The Kier molecular flexibility index (Phi) is 5.91. The Morgan fingerprint density at radius 2 is 1.30 bits per heavy atom. The first kappa shape index (κ1) is 19.5. The zero-order valence-corrected chi connectivity index (χ0v) is 15.5. The molecule has 0 saturated heterocycles. The molecule has 0 unspecified atom stereocenters. The van der Waals surface area contributed by atoms with Crippen molar-refractivity contribution in [2.45, 2.75) is 94.0 Å². The molecule has 0 aliphatic heterocycles. The van der Waals surface area contributed by atoms with Gasteiger partial charge in [-0.25, -0.2) is 0 Å². The Bertz CT molecular complexity index is 332. The molecule has 2 nitrogen and oxygen atoms in total. The third-order valence-corrected chi connectivity index (χ3v) is 3.92. The average molecular weight is 284 g/mol. The van der Waals surface area contributed by atoms with Crippen LogP contribution in [-0.4, -0.2) is 11.4 Å². The summed E-state index contributed by atoms with van der Waals surface area (Å²) in [7, 11) is 0. The Balaban J connectivity index is 4.82. The number of hydrogen-bond acceptors (Lipinski definition) is 1. The van der Waals surface area contributed by atoms with Crippen LogP contribution in [0.15, 0.2) is 0 Å². The minimum absolute atomic E-state index is 0.164. The second-order valence-corrected chi connectivity index (χ2v) is 9.65. The zero-order valence-electron chi connectivity index (χ0n) is 15.5. The number of carbonyl (C=O) groups excluding carboxylic acids is 1. The van der Waals surface area contributed by atoms with Crippen LogP contribution in [0.3, 0.4) is 0 Å².